The Kier molecular flexibility index (Phi) is 5.94. The van der Waals surface area contributed by atoms with Gasteiger partial charge in [-0.3, -0.25) is 0 Å². The molecule has 0 aromatic heterocycles. The van der Waals surface area contributed by atoms with E-state index in [0.29, 0.717) is 10.8 Å². The number of aryl methyl sites for hydroxylation is 1. The van der Waals surface area contributed by atoms with Gasteiger partial charge in [0.2, 0.25) is 0 Å². The van der Waals surface area contributed by atoms with Crippen LogP contribution in [0.25, 0.3) is 0 Å². The third-order valence-corrected chi connectivity index (χ3v) is 4.96. The zero-order chi connectivity index (χ0) is 18.5. The molecule has 1 aliphatic carbocycles. The van der Waals surface area contributed by atoms with Crippen molar-refractivity contribution in [3.05, 3.63) is 64.2 Å². The van der Waals surface area contributed by atoms with E-state index in [9.17, 15) is 9.59 Å². The molecule has 0 bridgehead atoms. The number of rotatable bonds is 4. The minimum Gasteiger partial charge on any atom is -0.459 e. The van der Waals surface area contributed by atoms with Crippen LogP contribution in [0.15, 0.2) is 42.5 Å². The number of hydrogen-bond donors (Lipinski definition) is 0. The molecule has 0 spiro atoms. The van der Waals surface area contributed by atoms with Crippen LogP contribution in [0.3, 0.4) is 0 Å². The van der Waals surface area contributed by atoms with E-state index in [0.717, 1.165) is 31.2 Å². The van der Waals surface area contributed by atoms with E-state index >= 15 is 0 Å². The fourth-order valence-corrected chi connectivity index (χ4v) is 3.20. The number of ether oxygens (including phenoxy) is 2. The molecular weight excluding hydrogens is 352 g/mol. The lowest BCUT2D eigenvalue weighted by Crippen LogP contribution is -2.23. The Balaban J connectivity index is 1.75. The molecule has 5 heteroatoms. The number of hydrogen-bond acceptors (Lipinski definition) is 4. The van der Waals surface area contributed by atoms with E-state index < -0.39 is 11.9 Å². The summed E-state index contributed by atoms with van der Waals surface area (Å²) in [6.07, 6.45) is 5.00. The van der Waals surface area contributed by atoms with Crippen LogP contribution in [0, 0.1) is 6.92 Å². The molecule has 1 saturated carbocycles. The van der Waals surface area contributed by atoms with Gasteiger partial charge in [0.25, 0.3) is 0 Å². The van der Waals surface area contributed by atoms with Crippen molar-refractivity contribution in [3.63, 3.8) is 0 Å². The minimum absolute atomic E-state index is 0.0701. The van der Waals surface area contributed by atoms with Crippen LogP contribution in [0.2, 0.25) is 5.02 Å². The topological polar surface area (TPSA) is 52.6 Å². The largest absolute Gasteiger partial charge is 0.459 e. The monoisotopic (exact) mass is 372 g/mol. The first-order chi connectivity index (χ1) is 12.5. The predicted octanol–water partition coefficient (Wildman–Crippen LogP) is 5.36. The van der Waals surface area contributed by atoms with Gasteiger partial charge in [-0.05, 0) is 68.5 Å². The van der Waals surface area contributed by atoms with Crippen LogP contribution in [-0.2, 0) is 4.74 Å². The summed E-state index contributed by atoms with van der Waals surface area (Å²) in [6, 6.07) is 11.5. The SMILES string of the molecule is Cc1cc(OC(=O)c2ccccc2C(=O)OC2CCCCC2)ccc1Cl. The van der Waals surface area contributed by atoms with Gasteiger partial charge in [-0.25, -0.2) is 9.59 Å². The fraction of sp³-hybridized carbons (Fsp3) is 0.333. The molecule has 136 valence electrons. The quantitative estimate of drug-likeness (QED) is 0.535. The van der Waals surface area contributed by atoms with E-state index in [1.165, 1.54) is 6.42 Å². The van der Waals surface area contributed by atoms with Gasteiger partial charge in [-0.2, -0.15) is 0 Å². The predicted molar refractivity (Wildman–Crippen MR) is 99.9 cm³/mol. The van der Waals surface area contributed by atoms with Crippen LogP contribution in [0.4, 0.5) is 0 Å². The van der Waals surface area contributed by atoms with E-state index in [1.54, 1.807) is 42.5 Å². The Morgan fingerprint density at radius 3 is 2.27 bits per heavy atom. The lowest BCUT2D eigenvalue weighted by atomic mass is 9.97. The molecule has 0 aliphatic heterocycles. The molecule has 3 rings (SSSR count). The molecule has 2 aromatic rings. The second kappa shape index (κ2) is 8.37. The Hall–Kier alpha value is -2.33. The van der Waals surface area contributed by atoms with Gasteiger partial charge in [-0.15, -0.1) is 0 Å². The van der Waals surface area contributed by atoms with Crippen molar-refractivity contribution in [1.29, 1.82) is 0 Å². The lowest BCUT2D eigenvalue weighted by Gasteiger charge is -2.22. The van der Waals surface area contributed by atoms with E-state index in [-0.39, 0.29) is 17.2 Å². The van der Waals surface area contributed by atoms with Gasteiger partial charge in [0.15, 0.2) is 0 Å². The Bertz CT molecular complexity index is 809. The van der Waals surface area contributed by atoms with Crippen LogP contribution < -0.4 is 4.74 Å². The fourth-order valence-electron chi connectivity index (χ4n) is 3.08. The van der Waals surface area contributed by atoms with Gasteiger partial charge >= 0.3 is 11.9 Å². The summed E-state index contributed by atoms with van der Waals surface area (Å²) in [5.74, 6) is -0.688. The highest BCUT2D eigenvalue weighted by Gasteiger charge is 2.23. The highest BCUT2D eigenvalue weighted by Crippen LogP contribution is 2.24. The highest BCUT2D eigenvalue weighted by atomic mass is 35.5. The number of esters is 2. The van der Waals surface area contributed by atoms with Gasteiger partial charge in [0.1, 0.15) is 11.9 Å². The number of halogens is 1. The van der Waals surface area contributed by atoms with Crippen molar-refractivity contribution in [2.24, 2.45) is 0 Å². The van der Waals surface area contributed by atoms with Crippen LogP contribution in [0.5, 0.6) is 5.75 Å². The highest BCUT2D eigenvalue weighted by molar-refractivity contribution is 6.31. The van der Waals surface area contributed by atoms with E-state index in [4.69, 9.17) is 21.1 Å². The molecule has 0 amide bonds. The van der Waals surface area contributed by atoms with Crippen LogP contribution in [0.1, 0.15) is 58.4 Å². The van der Waals surface area contributed by atoms with Gasteiger partial charge in [0.05, 0.1) is 11.1 Å². The molecule has 4 nitrogen and oxygen atoms in total. The smallest absolute Gasteiger partial charge is 0.344 e. The molecule has 0 saturated heterocycles. The molecule has 0 unspecified atom stereocenters. The van der Waals surface area contributed by atoms with Crippen molar-refractivity contribution in [2.45, 2.75) is 45.1 Å². The van der Waals surface area contributed by atoms with Crippen molar-refractivity contribution in [2.75, 3.05) is 0 Å². The minimum atomic E-state index is -0.595. The normalized spacial score (nSPS) is 14.7. The van der Waals surface area contributed by atoms with Gasteiger partial charge in [0, 0.05) is 5.02 Å². The average molecular weight is 373 g/mol. The number of carbonyl (C=O) groups excluding carboxylic acids is 2. The van der Waals surface area contributed by atoms with Crippen molar-refractivity contribution in [1.82, 2.24) is 0 Å². The summed E-state index contributed by atoms with van der Waals surface area (Å²) in [6.45, 7) is 1.83. The Morgan fingerprint density at radius 2 is 1.62 bits per heavy atom. The zero-order valence-electron chi connectivity index (χ0n) is 14.7. The molecule has 2 aromatic carbocycles. The van der Waals surface area contributed by atoms with Crippen molar-refractivity contribution >= 4 is 23.5 Å². The molecule has 0 atom stereocenters. The van der Waals surface area contributed by atoms with Crippen LogP contribution >= 0.6 is 11.6 Å². The zero-order valence-corrected chi connectivity index (χ0v) is 15.4. The maximum atomic E-state index is 12.6. The molecule has 0 radical (unpaired) electrons. The van der Waals surface area contributed by atoms with Gasteiger partial charge in [-0.1, -0.05) is 30.2 Å². The van der Waals surface area contributed by atoms with E-state index in [2.05, 4.69) is 0 Å². The summed E-state index contributed by atoms with van der Waals surface area (Å²) in [7, 11) is 0. The first-order valence-electron chi connectivity index (χ1n) is 8.83. The first-order valence-corrected chi connectivity index (χ1v) is 9.21. The van der Waals surface area contributed by atoms with Gasteiger partial charge < -0.3 is 9.47 Å². The number of benzene rings is 2. The average Bonchev–Trinajstić information content (AvgIpc) is 2.65. The summed E-state index contributed by atoms with van der Waals surface area (Å²) in [5.41, 5.74) is 1.23. The first kappa shape index (κ1) is 18.5. The summed E-state index contributed by atoms with van der Waals surface area (Å²) >= 11 is 5.99. The maximum absolute atomic E-state index is 12.6. The molecule has 1 aliphatic rings. The van der Waals surface area contributed by atoms with Crippen molar-refractivity contribution < 1.29 is 19.1 Å². The summed E-state index contributed by atoms with van der Waals surface area (Å²) in [5, 5.41) is 0.598. The second-order valence-electron chi connectivity index (χ2n) is 6.51. The van der Waals surface area contributed by atoms with E-state index in [1.807, 2.05) is 6.92 Å². The van der Waals surface area contributed by atoms with Crippen LogP contribution in [-0.4, -0.2) is 18.0 Å². The Labute approximate surface area is 158 Å². The standard InChI is InChI=1S/C21H21ClO4/c1-14-13-16(11-12-19(14)22)26-21(24)18-10-6-5-9-17(18)20(23)25-15-7-3-2-4-8-15/h5-6,9-13,15H,2-4,7-8H2,1H3. The third kappa shape index (κ3) is 4.44. The second-order valence-corrected chi connectivity index (χ2v) is 6.92. The molecular formula is C21H21ClO4. The molecule has 26 heavy (non-hydrogen) atoms. The Morgan fingerprint density at radius 1 is 0.962 bits per heavy atom. The third-order valence-electron chi connectivity index (χ3n) is 4.53. The number of carbonyl (C=O) groups is 2. The molecule has 0 N–H and O–H groups in total. The summed E-state index contributed by atoms with van der Waals surface area (Å²) < 4.78 is 11.0. The maximum Gasteiger partial charge on any atom is 0.344 e. The lowest BCUT2D eigenvalue weighted by molar-refractivity contribution is 0.0207. The molecule has 1 fully saturated rings. The summed E-state index contributed by atoms with van der Waals surface area (Å²) in [4.78, 5) is 25.1. The molecule has 0 heterocycles. The van der Waals surface area contributed by atoms with Crippen molar-refractivity contribution in [3.8, 4) is 5.75 Å².